The summed E-state index contributed by atoms with van der Waals surface area (Å²) in [6, 6.07) is 10.2. The Bertz CT molecular complexity index is 1400. The Balaban J connectivity index is 1.44. The fourth-order valence-corrected chi connectivity index (χ4v) is 4.08. The van der Waals surface area contributed by atoms with E-state index in [1.165, 1.54) is 0 Å². The number of ether oxygens (including phenoxy) is 2. The lowest BCUT2D eigenvalue weighted by atomic mass is 9.98. The maximum absolute atomic E-state index is 15.2. The fourth-order valence-electron chi connectivity index (χ4n) is 4.08. The highest BCUT2D eigenvalue weighted by Crippen LogP contribution is 2.29. The van der Waals surface area contributed by atoms with Crippen LogP contribution in [0.5, 0.6) is 11.5 Å². The molecule has 0 aliphatic heterocycles. The Labute approximate surface area is 221 Å². The van der Waals surface area contributed by atoms with Crippen LogP contribution in [0.2, 0.25) is 0 Å². The lowest BCUT2D eigenvalue weighted by Gasteiger charge is -2.12. The summed E-state index contributed by atoms with van der Waals surface area (Å²) >= 11 is 0. The molecule has 4 rings (SSSR count). The molecule has 0 unspecified atom stereocenters. The van der Waals surface area contributed by atoms with Crippen molar-refractivity contribution in [3.63, 3.8) is 0 Å². The molecule has 4 nitrogen and oxygen atoms in total. The summed E-state index contributed by atoms with van der Waals surface area (Å²) in [5.74, 6) is -3.02. The third kappa shape index (κ3) is 7.40. The van der Waals surface area contributed by atoms with Crippen molar-refractivity contribution in [2.45, 2.75) is 45.2 Å². The molecule has 3 aromatic carbocycles. The maximum atomic E-state index is 15.2. The molecule has 0 radical (unpaired) electrons. The second kappa shape index (κ2) is 12.4. The highest BCUT2D eigenvalue weighted by molar-refractivity contribution is 5.87. The van der Waals surface area contributed by atoms with Crippen molar-refractivity contribution < 1.29 is 35.8 Å². The van der Waals surface area contributed by atoms with Crippen molar-refractivity contribution >= 4 is 10.8 Å². The van der Waals surface area contributed by atoms with Crippen molar-refractivity contribution in [2.75, 3.05) is 13.2 Å². The summed E-state index contributed by atoms with van der Waals surface area (Å²) in [5.41, 5.74) is 1.19. The molecule has 0 spiro atoms. The second-order valence-corrected chi connectivity index (χ2v) is 9.06. The van der Waals surface area contributed by atoms with E-state index in [1.807, 2.05) is 0 Å². The zero-order chi connectivity index (χ0) is 28.0. The Hall–Kier alpha value is -3.82. The molecular formula is C29H26F6N2O2. The topological polar surface area (TPSA) is 44.2 Å². The van der Waals surface area contributed by atoms with Crippen LogP contribution in [-0.4, -0.2) is 29.4 Å². The van der Waals surface area contributed by atoms with Crippen LogP contribution < -0.4 is 9.47 Å². The number of nitrogens with zero attached hydrogens (tertiary/aromatic N) is 2. The van der Waals surface area contributed by atoms with Gasteiger partial charge >= 0.3 is 6.18 Å². The van der Waals surface area contributed by atoms with Crippen molar-refractivity contribution in [1.29, 1.82) is 0 Å². The third-order valence-electron chi connectivity index (χ3n) is 6.06. The summed E-state index contributed by atoms with van der Waals surface area (Å²) < 4.78 is 90.3. The Kier molecular flexibility index (Phi) is 8.93. The molecule has 0 saturated carbocycles. The predicted molar refractivity (Wildman–Crippen MR) is 135 cm³/mol. The Morgan fingerprint density at radius 2 is 1.54 bits per heavy atom. The van der Waals surface area contributed by atoms with Gasteiger partial charge in [-0.2, -0.15) is 13.2 Å². The van der Waals surface area contributed by atoms with Gasteiger partial charge in [0.25, 0.3) is 0 Å². The molecular weight excluding hydrogens is 522 g/mol. The SMILES string of the molecule is CCCCCOc1cnc(-c2ccc3c(F)c(CCc4cc(F)c(OCC(F)(F)F)c(F)c4)ccc3c2)nc1. The van der Waals surface area contributed by atoms with Crippen molar-refractivity contribution in [3.8, 4) is 22.9 Å². The number of halogens is 6. The number of fused-ring (bicyclic) bond motifs is 1. The summed E-state index contributed by atoms with van der Waals surface area (Å²) in [7, 11) is 0. The first-order valence-electron chi connectivity index (χ1n) is 12.5. The molecule has 0 amide bonds. The second-order valence-electron chi connectivity index (χ2n) is 9.06. The molecule has 206 valence electrons. The van der Waals surface area contributed by atoms with Crippen LogP contribution in [0, 0.1) is 17.5 Å². The number of rotatable bonds is 11. The first kappa shape index (κ1) is 28.2. The average Bonchev–Trinajstić information content (AvgIpc) is 2.90. The highest BCUT2D eigenvalue weighted by Gasteiger charge is 2.30. The van der Waals surface area contributed by atoms with Crippen LogP contribution in [0.15, 0.2) is 54.9 Å². The largest absolute Gasteiger partial charge is 0.490 e. The quantitative estimate of drug-likeness (QED) is 0.141. The monoisotopic (exact) mass is 548 g/mol. The van der Waals surface area contributed by atoms with Gasteiger partial charge in [0, 0.05) is 10.9 Å². The molecule has 0 aliphatic carbocycles. The van der Waals surface area contributed by atoms with Crippen LogP contribution in [-0.2, 0) is 12.8 Å². The maximum Gasteiger partial charge on any atom is 0.422 e. The summed E-state index contributed by atoms with van der Waals surface area (Å²) in [6.07, 6.45) is 1.79. The van der Waals surface area contributed by atoms with Gasteiger partial charge in [0.1, 0.15) is 5.82 Å². The van der Waals surface area contributed by atoms with Crippen molar-refractivity contribution in [2.24, 2.45) is 0 Å². The highest BCUT2D eigenvalue weighted by atomic mass is 19.4. The average molecular weight is 549 g/mol. The van der Waals surface area contributed by atoms with E-state index in [2.05, 4.69) is 21.6 Å². The molecule has 0 fully saturated rings. The van der Waals surface area contributed by atoms with Gasteiger partial charge in [-0.25, -0.2) is 23.1 Å². The van der Waals surface area contributed by atoms with E-state index in [0.29, 0.717) is 40.1 Å². The summed E-state index contributed by atoms with van der Waals surface area (Å²) in [4.78, 5) is 8.69. The zero-order valence-corrected chi connectivity index (χ0v) is 21.1. The number of alkyl halides is 3. The summed E-state index contributed by atoms with van der Waals surface area (Å²) in [5, 5.41) is 0.987. The molecule has 0 atom stereocenters. The van der Waals surface area contributed by atoms with Crippen LogP contribution in [0.25, 0.3) is 22.2 Å². The number of benzene rings is 3. The number of hydrogen-bond acceptors (Lipinski definition) is 4. The zero-order valence-electron chi connectivity index (χ0n) is 21.1. The van der Waals surface area contributed by atoms with E-state index in [0.717, 1.165) is 31.4 Å². The van der Waals surface area contributed by atoms with Gasteiger partial charge in [-0.1, -0.05) is 44.0 Å². The van der Waals surface area contributed by atoms with Gasteiger partial charge in [-0.15, -0.1) is 0 Å². The van der Waals surface area contributed by atoms with Crippen LogP contribution in [0.4, 0.5) is 26.3 Å². The minimum Gasteiger partial charge on any atom is -0.490 e. The molecule has 0 saturated heterocycles. The Morgan fingerprint density at radius 3 is 2.21 bits per heavy atom. The lowest BCUT2D eigenvalue weighted by molar-refractivity contribution is -0.154. The molecule has 1 aromatic heterocycles. The first-order valence-corrected chi connectivity index (χ1v) is 12.5. The van der Waals surface area contributed by atoms with E-state index < -0.39 is 36.0 Å². The smallest absolute Gasteiger partial charge is 0.422 e. The standard InChI is InChI=1S/C29H26F6N2O2/c1-2-3-4-11-38-22-15-36-28(37-16-22)21-9-10-23-20(14-21)8-7-19(26(23)32)6-5-18-12-24(30)27(25(31)13-18)39-17-29(33,34)35/h7-10,12-16H,2-6,11,17H2,1H3. The minimum absolute atomic E-state index is 0.0641. The minimum atomic E-state index is -4.73. The Morgan fingerprint density at radius 1 is 0.821 bits per heavy atom. The molecule has 39 heavy (non-hydrogen) atoms. The van der Waals surface area contributed by atoms with Crippen LogP contribution >= 0.6 is 0 Å². The molecule has 4 aromatic rings. The number of aryl methyl sites for hydroxylation is 2. The van der Waals surface area contributed by atoms with E-state index >= 15 is 4.39 Å². The van der Waals surface area contributed by atoms with Gasteiger partial charge < -0.3 is 9.47 Å². The van der Waals surface area contributed by atoms with Gasteiger partial charge in [0.2, 0.25) is 0 Å². The fraction of sp³-hybridized carbons (Fsp3) is 0.310. The van der Waals surface area contributed by atoms with Crippen molar-refractivity contribution in [1.82, 2.24) is 9.97 Å². The predicted octanol–water partition coefficient (Wildman–Crippen LogP) is 8.01. The van der Waals surface area contributed by atoms with E-state index in [-0.39, 0.29) is 18.4 Å². The molecule has 0 aliphatic rings. The molecule has 0 N–H and O–H groups in total. The van der Waals surface area contributed by atoms with Crippen LogP contribution in [0.1, 0.15) is 37.3 Å². The number of unbranched alkanes of at least 4 members (excludes halogenated alkanes) is 2. The third-order valence-corrected chi connectivity index (χ3v) is 6.06. The van der Waals surface area contributed by atoms with Gasteiger partial charge in [0.05, 0.1) is 19.0 Å². The van der Waals surface area contributed by atoms with Gasteiger partial charge in [0.15, 0.2) is 35.6 Å². The first-order chi connectivity index (χ1) is 18.6. The van der Waals surface area contributed by atoms with Gasteiger partial charge in [-0.3, -0.25) is 0 Å². The number of hydrogen-bond donors (Lipinski definition) is 0. The van der Waals surface area contributed by atoms with E-state index in [1.54, 1.807) is 42.7 Å². The lowest BCUT2D eigenvalue weighted by Crippen LogP contribution is -2.20. The summed E-state index contributed by atoms with van der Waals surface area (Å²) in [6.45, 7) is 0.902. The van der Waals surface area contributed by atoms with Crippen LogP contribution in [0.3, 0.4) is 0 Å². The van der Waals surface area contributed by atoms with Gasteiger partial charge in [-0.05, 0) is 54.0 Å². The van der Waals surface area contributed by atoms with E-state index in [9.17, 15) is 22.0 Å². The molecule has 1 heterocycles. The molecule has 0 bridgehead atoms. The van der Waals surface area contributed by atoms with E-state index in [4.69, 9.17) is 4.74 Å². The molecule has 10 heteroatoms. The van der Waals surface area contributed by atoms with Crippen molar-refractivity contribution in [3.05, 3.63) is 83.4 Å². The number of aromatic nitrogens is 2. The normalized spacial score (nSPS) is 11.7.